The predicted molar refractivity (Wildman–Crippen MR) is 59.4 cm³/mol. The molecule has 1 aromatic rings. The Morgan fingerprint density at radius 1 is 1.19 bits per heavy atom. The minimum Gasteiger partial charge on any atom is -0.362 e. The van der Waals surface area contributed by atoms with E-state index in [1.807, 2.05) is 11.8 Å². The van der Waals surface area contributed by atoms with Crippen molar-refractivity contribution in [1.82, 2.24) is 4.90 Å². The molecule has 1 fully saturated rings. The third kappa shape index (κ3) is 1.21. The summed E-state index contributed by atoms with van der Waals surface area (Å²) in [6.45, 7) is 2.91. The van der Waals surface area contributed by atoms with Gasteiger partial charge in [-0.1, -0.05) is 24.3 Å². The van der Waals surface area contributed by atoms with E-state index in [1.165, 1.54) is 6.08 Å². The van der Waals surface area contributed by atoms with Crippen LogP contribution < -0.4 is 0 Å². The van der Waals surface area contributed by atoms with E-state index < -0.39 is 0 Å². The van der Waals surface area contributed by atoms with Crippen molar-refractivity contribution in [1.29, 1.82) is 0 Å². The maximum absolute atomic E-state index is 12.1. The number of benzene rings is 1. The number of allylic oxidation sites excluding steroid dienone is 2. The van der Waals surface area contributed by atoms with Gasteiger partial charge >= 0.3 is 0 Å². The molecule has 0 amide bonds. The second-order valence-electron chi connectivity index (χ2n) is 4.27. The van der Waals surface area contributed by atoms with Gasteiger partial charge in [-0.15, -0.1) is 0 Å². The molecule has 0 spiro atoms. The van der Waals surface area contributed by atoms with Gasteiger partial charge in [0, 0.05) is 29.8 Å². The summed E-state index contributed by atoms with van der Waals surface area (Å²) in [5.74, 6) is -0.0937. The van der Waals surface area contributed by atoms with Crippen LogP contribution in [0.1, 0.15) is 27.6 Å². The molecule has 1 unspecified atom stereocenters. The molecule has 0 radical (unpaired) electrons. The largest absolute Gasteiger partial charge is 0.362 e. The van der Waals surface area contributed by atoms with E-state index in [4.69, 9.17) is 0 Å². The van der Waals surface area contributed by atoms with Gasteiger partial charge in [0.1, 0.15) is 0 Å². The minimum atomic E-state index is -0.0655. The number of hydrogen-bond donors (Lipinski definition) is 0. The van der Waals surface area contributed by atoms with Crippen LogP contribution in [0.15, 0.2) is 36.0 Å². The van der Waals surface area contributed by atoms with Gasteiger partial charge in [-0.25, -0.2) is 0 Å². The van der Waals surface area contributed by atoms with E-state index >= 15 is 0 Å². The van der Waals surface area contributed by atoms with Crippen LogP contribution in [0.2, 0.25) is 0 Å². The summed E-state index contributed by atoms with van der Waals surface area (Å²) in [6.07, 6.45) is 1.47. The Kier molecular flexibility index (Phi) is 1.78. The average Bonchev–Trinajstić information content (AvgIpc) is 3.01. The lowest BCUT2D eigenvalue weighted by molar-refractivity contribution is 0.0969. The Morgan fingerprint density at radius 2 is 1.81 bits per heavy atom. The molecule has 80 valence electrons. The summed E-state index contributed by atoms with van der Waals surface area (Å²) >= 11 is 0. The SMILES string of the molecule is CC1CN1C1=CC(=O)c2ccccc2C1=O. The van der Waals surface area contributed by atoms with Crippen LogP contribution in [0, 0.1) is 0 Å². The van der Waals surface area contributed by atoms with Crippen molar-refractivity contribution in [2.45, 2.75) is 13.0 Å². The van der Waals surface area contributed by atoms with E-state index in [1.54, 1.807) is 24.3 Å². The first-order valence-corrected chi connectivity index (χ1v) is 5.35. The number of Topliss-reactive ketones (excluding diaryl/α,β-unsaturated/α-hetero) is 1. The van der Waals surface area contributed by atoms with E-state index in [0.717, 1.165) is 6.54 Å². The lowest BCUT2D eigenvalue weighted by Gasteiger charge is -2.16. The average molecular weight is 213 g/mol. The lowest BCUT2D eigenvalue weighted by Crippen LogP contribution is -2.21. The molecule has 3 heteroatoms. The molecule has 1 aromatic carbocycles. The van der Waals surface area contributed by atoms with Crippen LogP contribution in [0.3, 0.4) is 0 Å². The van der Waals surface area contributed by atoms with Crippen molar-refractivity contribution in [3.05, 3.63) is 47.2 Å². The van der Waals surface area contributed by atoms with Crippen molar-refractivity contribution in [3.63, 3.8) is 0 Å². The number of rotatable bonds is 1. The molecular formula is C13H11NO2. The molecule has 0 aromatic heterocycles. The van der Waals surface area contributed by atoms with Crippen LogP contribution in [-0.4, -0.2) is 29.1 Å². The van der Waals surface area contributed by atoms with Gasteiger partial charge in [0.05, 0.1) is 5.70 Å². The van der Waals surface area contributed by atoms with Crippen molar-refractivity contribution < 1.29 is 9.59 Å². The number of fused-ring (bicyclic) bond motifs is 1. The molecule has 1 atom stereocenters. The Morgan fingerprint density at radius 3 is 2.44 bits per heavy atom. The second kappa shape index (κ2) is 3.04. The Hall–Kier alpha value is -1.90. The standard InChI is InChI=1S/C13H11NO2/c1-8-7-14(8)11-6-12(15)9-4-2-3-5-10(9)13(11)16/h2-6,8H,7H2,1H3. The van der Waals surface area contributed by atoms with Crippen LogP contribution in [-0.2, 0) is 0 Å². The third-order valence-electron chi connectivity index (χ3n) is 3.11. The number of nitrogens with zero attached hydrogens (tertiary/aromatic N) is 1. The van der Waals surface area contributed by atoms with E-state index in [9.17, 15) is 9.59 Å². The normalized spacial score (nSPS) is 22.9. The smallest absolute Gasteiger partial charge is 0.209 e. The topological polar surface area (TPSA) is 37.1 Å². The summed E-state index contributed by atoms with van der Waals surface area (Å²) in [7, 11) is 0. The molecule has 0 N–H and O–H groups in total. The molecule has 3 nitrogen and oxygen atoms in total. The number of carbonyl (C=O) groups excluding carboxylic acids is 2. The van der Waals surface area contributed by atoms with Crippen LogP contribution in [0.25, 0.3) is 0 Å². The van der Waals surface area contributed by atoms with Gasteiger partial charge in [-0.2, -0.15) is 0 Å². The molecule has 1 saturated heterocycles. The maximum atomic E-state index is 12.1. The van der Waals surface area contributed by atoms with Crippen molar-refractivity contribution in [2.75, 3.05) is 6.54 Å². The molecule has 1 aliphatic carbocycles. The van der Waals surface area contributed by atoms with Crippen LogP contribution >= 0.6 is 0 Å². The van der Waals surface area contributed by atoms with E-state index in [0.29, 0.717) is 22.9 Å². The highest BCUT2D eigenvalue weighted by atomic mass is 16.1. The molecule has 1 heterocycles. The fraction of sp³-hybridized carbons (Fsp3) is 0.231. The zero-order valence-electron chi connectivity index (χ0n) is 8.93. The molecular weight excluding hydrogens is 202 g/mol. The number of hydrogen-bond acceptors (Lipinski definition) is 3. The van der Waals surface area contributed by atoms with E-state index in [-0.39, 0.29) is 11.6 Å². The highest BCUT2D eigenvalue weighted by Gasteiger charge is 2.38. The fourth-order valence-electron chi connectivity index (χ4n) is 2.09. The van der Waals surface area contributed by atoms with Gasteiger partial charge in [-0.3, -0.25) is 9.59 Å². The highest BCUT2D eigenvalue weighted by Crippen LogP contribution is 2.30. The van der Waals surface area contributed by atoms with Gasteiger partial charge in [0.25, 0.3) is 0 Å². The highest BCUT2D eigenvalue weighted by molar-refractivity contribution is 6.24. The lowest BCUT2D eigenvalue weighted by atomic mass is 9.93. The van der Waals surface area contributed by atoms with Crippen LogP contribution in [0.5, 0.6) is 0 Å². The summed E-state index contributed by atoms with van der Waals surface area (Å²) in [5, 5.41) is 0. The maximum Gasteiger partial charge on any atom is 0.209 e. The second-order valence-corrected chi connectivity index (χ2v) is 4.27. The zero-order chi connectivity index (χ0) is 11.3. The fourth-order valence-corrected chi connectivity index (χ4v) is 2.09. The summed E-state index contributed by atoms with van der Waals surface area (Å²) < 4.78 is 0. The minimum absolute atomic E-state index is 0.0282. The summed E-state index contributed by atoms with van der Waals surface area (Å²) in [4.78, 5) is 25.9. The summed E-state index contributed by atoms with van der Waals surface area (Å²) in [5.41, 5.74) is 1.60. The third-order valence-corrected chi connectivity index (χ3v) is 3.11. The van der Waals surface area contributed by atoms with Crippen molar-refractivity contribution in [2.24, 2.45) is 0 Å². The van der Waals surface area contributed by atoms with Crippen LogP contribution in [0.4, 0.5) is 0 Å². The molecule has 2 aliphatic rings. The zero-order valence-corrected chi connectivity index (χ0v) is 8.93. The summed E-state index contributed by atoms with van der Waals surface area (Å²) in [6, 6.07) is 7.38. The molecule has 1 aliphatic heterocycles. The van der Waals surface area contributed by atoms with E-state index in [2.05, 4.69) is 0 Å². The molecule has 16 heavy (non-hydrogen) atoms. The van der Waals surface area contributed by atoms with Gasteiger partial charge in [0.2, 0.25) is 5.78 Å². The van der Waals surface area contributed by atoms with Gasteiger partial charge < -0.3 is 4.90 Å². The quantitative estimate of drug-likeness (QED) is 0.666. The Labute approximate surface area is 93.4 Å². The van der Waals surface area contributed by atoms with Crippen molar-refractivity contribution in [3.8, 4) is 0 Å². The first-order valence-electron chi connectivity index (χ1n) is 5.35. The van der Waals surface area contributed by atoms with Crippen molar-refractivity contribution >= 4 is 11.6 Å². The molecule has 0 bridgehead atoms. The number of ketones is 2. The number of carbonyl (C=O) groups is 2. The van der Waals surface area contributed by atoms with Gasteiger partial charge in [0.15, 0.2) is 5.78 Å². The van der Waals surface area contributed by atoms with Gasteiger partial charge in [-0.05, 0) is 6.92 Å². The predicted octanol–water partition coefficient (Wildman–Crippen LogP) is 1.65. The monoisotopic (exact) mass is 213 g/mol. The molecule has 3 rings (SSSR count). The Balaban J connectivity index is 2.09. The first kappa shape index (κ1) is 9.33. The Bertz CT molecular complexity index is 530. The first-order chi connectivity index (χ1) is 7.68. The molecule has 0 saturated carbocycles.